The molecule has 4 rings (SSSR count). The number of carbonyl (C=O) groups excluding carboxylic acids is 1. The van der Waals surface area contributed by atoms with Crippen molar-refractivity contribution in [2.24, 2.45) is 5.92 Å². The van der Waals surface area contributed by atoms with E-state index < -0.39 is 10.0 Å². The zero-order valence-electron chi connectivity index (χ0n) is 18.5. The molecule has 2 fully saturated rings. The van der Waals surface area contributed by atoms with Crippen molar-refractivity contribution in [2.75, 3.05) is 44.7 Å². The quantitative estimate of drug-likeness (QED) is 0.722. The summed E-state index contributed by atoms with van der Waals surface area (Å²) in [7, 11) is -3.53. The van der Waals surface area contributed by atoms with Crippen LogP contribution in [0.15, 0.2) is 53.4 Å². The van der Waals surface area contributed by atoms with E-state index in [-0.39, 0.29) is 16.7 Å². The predicted molar refractivity (Wildman–Crippen MR) is 124 cm³/mol. The summed E-state index contributed by atoms with van der Waals surface area (Å²) >= 11 is 0. The van der Waals surface area contributed by atoms with E-state index in [4.69, 9.17) is 4.74 Å². The summed E-state index contributed by atoms with van der Waals surface area (Å²) in [6, 6.07) is 15.0. The van der Waals surface area contributed by atoms with Crippen molar-refractivity contribution in [3.05, 3.63) is 59.7 Å². The zero-order valence-corrected chi connectivity index (χ0v) is 19.3. The average molecular weight is 458 g/mol. The number of nitrogens with zero attached hydrogens (tertiary/aromatic N) is 2. The number of anilines is 1. The molecule has 0 radical (unpaired) electrons. The molecular formula is C24H31N3O4S. The highest BCUT2D eigenvalue weighted by molar-refractivity contribution is 7.89. The number of amides is 1. The van der Waals surface area contributed by atoms with E-state index in [1.165, 1.54) is 15.4 Å². The Kier molecular flexibility index (Phi) is 7.25. The fourth-order valence-electron chi connectivity index (χ4n) is 4.31. The lowest BCUT2D eigenvalue weighted by atomic mass is 9.95. The fraction of sp³-hybridized carbons (Fsp3) is 0.458. The van der Waals surface area contributed by atoms with E-state index >= 15 is 0 Å². The van der Waals surface area contributed by atoms with Crippen LogP contribution in [0.1, 0.15) is 24.0 Å². The number of sulfonamides is 1. The van der Waals surface area contributed by atoms with Gasteiger partial charge in [-0.1, -0.05) is 29.8 Å². The maximum absolute atomic E-state index is 12.7. The number of hydrogen-bond acceptors (Lipinski definition) is 5. The molecule has 1 N–H and O–H groups in total. The first-order chi connectivity index (χ1) is 15.4. The molecule has 2 aromatic carbocycles. The Morgan fingerprint density at radius 2 is 1.72 bits per heavy atom. The number of rotatable bonds is 6. The molecule has 2 heterocycles. The standard InChI is InChI=1S/C24H31N3O4S/c1-19-3-2-4-20(17-19)18-26-11-9-21(10-12-26)24(28)25-22-5-7-23(8-6-22)32(29,30)27-13-15-31-16-14-27/h2-8,17,21H,9-16,18H2,1H3,(H,25,28). The number of likely N-dealkylation sites (tertiary alicyclic amines) is 1. The summed E-state index contributed by atoms with van der Waals surface area (Å²) in [4.78, 5) is 15.4. The molecule has 32 heavy (non-hydrogen) atoms. The van der Waals surface area contributed by atoms with E-state index in [1.54, 1.807) is 24.3 Å². The molecule has 0 atom stereocenters. The third-order valence-corrected chi connectivity index (χ3v) is 8.09. The monoisotopic (exact) mass is 457 g/mol. The lowest BCUT2D eigenvalue weighted by Crippen LogP contribution is -2.40. The maximum Gasteiger partial charge on any atom is 0.243 e. The molecule has 0 saturated carbocycles. The Bertz CT molecular complexity index is 1030. The van der Waals surface area contributed by atoms with Gasteiger partial charge in [-0.15, -0.1) is 0 Å². The Labute approximate surface area is 190 Å². The SMILES string of the molecule is Cc1cccc(CN2CCC(C(=O)Nc3ccc(S(=O)(=O)N4CCOCC4)cc3)CC2)c1. The Balaban J connectivity index is 1.29. The molecule has 1 amide bonds. The molecule has 2 aliphatic rings. The van der Waals surface area contributed by atoms with Crippen molar-refractivity contribution < 1.29 is 17.9 Å². The van der Waals surface area contributed by atoms with Crippen LogP contribution in [0.4, 0.5) is 5.69 Å². The second-order valence-corrected chi connectivity index (χ2v) is 10.5. The minimum atomic E-state index is -3.53. The van der Waals surface area contributed by atoms with E-state index in [9.17, 15) is 13.2 Å². The van der Waals surface area contributed by atoms with Gasteiger partial charge in [0.25, 0.3) is 0 Å². The number of hydrogen-bond donors (Lipinski definition) is 1. The molecule has 0 unspecified atom stereocenters. The molecule has 172 valence electrons. The Hall–Kier alpha value is -2.26. The summed E-state index contributed by atoms with van der Waals surface area (Å²) in [5.74, 6) is -0.0236. The molecule has 2 aliphatic heterocycles. The fourth-order valence-corrected chi connectivity index (χ4v) is 5.72. The largest absolute Gasteiger partial charge is 0.379 e. The maximum atomic E-state index is 12.7. The van der Waals surface area contributed by atoms with Gasteiger partial charge >= 0.3 is 0 Å². The van der Waals surface area contributed by atoms with Crippen LogP contribution < -0.4 is 5.32 Å². The van der Waals surface area contributed by atoms with Crippen molar-refractivity contribution in [3.8, 4) is 0 Å². The predicted octanol–water partition coefficient (Wildman–Crippen LogP) is 2.87. The highest BCUT2D eigenvalue weighted by atomic mass is 32.2. The second kappa shape index (κ2) is 10.1. The minimum absolute atomic E-state index is 0.00370. The molecule has 0 aliphatic carbocycles. The van der Waals surface area contributed by atoms with Gasteiger partial charge in [0.2, 0.25) is 15.9 Å². The third kappa shape index (κ3) is 5.56. The van der Waals surface area contributed by atoms with Gasteiger partial charge in [-0.05, 0) is 62.7 Å². The first kappa shape index (κ1) is 22.9. The van der Waals surface area contributed by atoms with Crippen LogP contribution in [0.2, 0.25) is 0 Å². The van der Waals surface area contributed by atoms with Crippen molar-refractivity contribution in [3.63, 3.8) is 0 Å². The summed E-state index contributed by atoms with van der Waals surface area (Å²) in [6.45, 7) is 6.35. The molecule has 0 spiro atoms. The van der Waals surface area contributed by atoms with E-state index in [0.717, 1.165) is 32.5 Å². The van der Waals surface area contributed by atoms with Gasteiger partial charge in [-0.2, -0.15) is 4.31 Å². The smallest absolute Gasteiger partial charge is 0.243 e. The molecule has 7 nitrogen and oxygen atoms in total. The van der Waals surface area contributed by atoms with Gasteiger partial charge in [0.15, 0.2) is 0 Å². The summed E-state index contributed by atoms with van der Waals surface area (Å²) in [5.41, 5.74) is 3.19. The normalized spacial score (nSPS) is 19.0. The van der Waals surface area contributed by atoms with Crippen LogP contribution in [0.25, 0.3) is 0 Å². The van der Waals surface area contributed by atoms with Crippen LogP contribution in [0.5, 0.6) is 0 Å². The first-order valence-corrected chi connectivity index (χ1v) is 12.6. The van der Waals surface area contributed by atoms with Crippen LogP contribution in [-0.2, 0) is 26.1 Å². The van der Waals surface area contributed by atoms with Crippen molar-refractivity contribution in [1.29, 1.82) is 0 Å². The van der Waals surface area contributed by atoms with Gasteiger partial charge in [-0.3, -0.25) is 9.69 Å². The van der Waals surface area contributed by atoms with Gasteiger partial charge in [-0.25, -0.2) is 8.42 Å². The first-order valence-electron chi connectivity index (χ1n) is 11.2. The molecular weight excluding hydrogens is 426 g/mol. The highest BCUT2D eigenvalue weighted by Crippen LogP contribution is 2.23. The van der Waals surface area contributed by atoms with E-state index in [0.29, 0.717) is 32.0 Å². The summed E-state index contributed by atoms with van der Waals surface area (Å²) in [6.07, 6.45) is 1.64. The number of carbonyl (C=O) groups is 1. The molecule has 0 aromatic heterocycles. The minimum Gasteiger partial charge on any atom is -0.379 e. The number of aryl methyl sites for hydroxylation is 1. The van der Waals surface area contributed by atoms with Crippen LogP contribution >= 0.6 is 0 Å². The molecule has 2 aromatic rings. The van der Waals surface area contributed by atoms with Gasteiger partial charge in [0.05, 0.1) is 18.1 Å². The van der Waals surface area contributed by atoms with E-state index in [2.05, 4.69) is 41.4 Å². The van der Waals surface area contributed by atoms with Gasteiger partial charge in [0, 0.05) is 31.2 Å². The van der Waals surface area contributed by atoms with Crippen LogP contribution in [0.3, 0.4) is 0 Å². The average Bonchev–Trinajstić information content (AvgIpc) is 2.80. The molecule has 0 bridgehead atoms. The Morgan fingerprint density at radius 3 is 2.38 bits per heavy atom. The number of piperidine rings is 1. The number of morpholine rings is 1. The third-order valence-electron chi connectivity index (χ3n) is 6.18. The lowest BCUT2D eigenvalue weighted by Gasteiger charge is -2.31. The van der Waals surface area contributed by atoms with Crippen molar-refractivity contribution >= 4 is 21.6 Å². The number of ether oxygens (including phenoxy) is 1. The second-order valence-electron chi connectivity index (χ2n) is 8.57. The summed E-state index contributed by atoms with van der Waals surface area (Å²) < 4.78 is 32.1. The van der Waals surface area contributed by atoms with E-state index in [1.807, 2.05) is 0 Å². The van der Waals surface area contributed by atoms with Crippen molar-refractivity contribution in [1.82, 2.24) is 9.21 Å². The van der Waals surface area contributed by atoms with Crippen LogP contribution in [0, 0.1) is 12.8 Å². The molecule has 8 heteroatoms. The summed E-state index contributed by atoms with van der Waals surface area (Å²) in [5, 5.41) is 2.96. The van der Waals surface area contributed by atoms with Gasteiger partial charge in [0.1, 0.15) is 0 Å². The van der Waals surface area contributed by atoms with Crippen molar-refractivity contribution in [2.45, 2.75) is 31.2 Å². The Morgan fingerprint density at radius 1 is 1.03 bits per heavy atom. The number of nitrogens with one attached hydrogen (secondary N) is 1. The number of benzene rings is 2. The molecule has 2 saturated heterocycles. The lowest BCUT2D eigenvalue weighted by molar-refractivity contribution is -0.121. The zero-order chi connectivity index (χ0) is 22.6. The highest BCUT2D eigenvalue weighted by Gasteiger charge is 2.27. The topological polar surface area (TPSA) is 79.0 Å². The van der Waals surface area contributed by atoms with Gasteiger partial charge < -0.3 is 10.1 Å². The van der Waals surface area contributed by atoms with Crippen LogP contribution in [-0.4, -0.2) is 62.9 Å².